The van der Waals surface area contributed by atoms with E-state index in [1.54, 1.807) is 14.2 Å². The second-order valence-electron chi connectivity index (χ2n) is 7.88. The molecule has 0 rings (SSSR count). The normalized spacial score (nSPS) is 18.3. The number of rotatable bonds is 13. The Balaban J connectivity index is 4.52. The zero-order valence-corrected chi connectivity index (χ0v) is 18.0. The molecular weight excluding hydrogens is 332 g/mol. The summed E-state index contributed by atoms with van der Waals surface area (Å²) in [5.74, 6) is -0.0793. The van der Waals surface area contributed by atoms with Gasteiger partial charge in [-0.3, -0.25) is 9.59 Å². The van der Waals surface area contributed by atoms with E-state index in [9.17, 15) is 9.59 Å². The van der Waals surface area contributed by atoms with Gasteiger partial charge < -0.3 is 20.1 Å². The molecule has 6 heteroatoms. The van der Waals surface area contributed by atoms with Crippen LogP contribution in [0, 0.1) is 5.41 Å². The molecular formula is C20H40N2O4. The summed E-state index contributed by atoms with van der Waals surface area (Å²) in [6.45, 7) is 12.3. The van der Waals surface area contributed by atoms with Crippen molar-refractivity contribution in [3.63, 3.8) is 0 Å². The van der Waals surface area contributed by atoms with Crippen LogP contribution in [-0.2, 0) is 19.1 Å². The van der Waals surface area contributed by atoms with E-state index in [2.05, 4.69) is 10.6 Å². The van der Waals surface area contributed by atoms with Gasteiger partial charge in [0.1, 0.15) is 0 Å². The molecule has 0 spiro atoms. The highest BCUT2D eigenvalue weighted by atomic mass is 16.5. The molecule has 2 amide bonds. The lowest BCUT2D eigenvalue weighted by molar-refractivity contribution is -0.132. The molecule has 0 radical (unpaired) electrons. The van der Waals surface area contributed by atoms with E-state index in [-0.39, 0.29) is 36.0 Å². The lowest BCUT2D eigenvalue weighted by Crippen LogP contribution is -2.48. The van der Waals surface area contributed by atoms with Crippen molar-refractivity contribution in [2.45, 2.75) is 91.4 Å². The number of hydrogen-bond acceptors (Lipinski definition) is 4. The Morgan fingerprint density at radius 3 is 1.96 bits per heavy atom. The van der Waals surface area contributed by atoms with E-state index < -0.39 is 5.41 Å². The number of ether oxygens (including phenoxy) is 2. The van der Waals surface area contributed by atoms with Crippen molar-refractivity contribution in [3.05, 3.63) is 0 Å². The number of amides is 2. The van der Waals surface area contributed by atoms with Crippen LogP contribution in [0.1, 0.15) is 73.6 Å². The third-order valence-electron chi connectivity index (χ3n) is 5.47. The fourth-order valence-electron chi connectivity index (χ4n) is 3.02. The van der Waals surface area contributed by atoms with E-state index in [1.807, 2.05) is 41.5 Å². The highest BCUT2D eigenvalue weighted by Gasteiger charge is 2.33. The molecule has 0 aliphatic carbocycles. The highest BCUT2D eigenvalue weighted by molar-refractivity contribution is 5.83. The molecule has 4 atom stereocenters. The van der Waals surface area contributed by atoms with Crippen LogP contribution < -0.4 is 10.6 Å². The molecule has 6 nitrogen and oxygen atoms in total. The first-order valence-electron chi connectivity index (χ1n) is 9.70. The Bertz CT molecular complexity index is 444. The standard InChI is InChI=1S/C20H40N2O4/c1-9-19(5,13-15(3)25-7)18(24)21-12-11-17(23)22-20(6,10-2)14-16(4)26-8/h15-16H,9-14H2,1-8H3,(H,21,24)(H,22,23)/t15?,16?,19-,20?/m1/s1. The molecule has 0 aliphatic rings. The number of carbonyl (C=O) groups excluding carboxylic acids is 2. The predicted molar refractivity (Wildman–Crippen MR) is 105 cm³/mol. The minimum atomic E-state index is -0.488. The summed E-state index contributed by atoms with van der Waals surface area (Å²) >= 11 is 0. The van der Waals surface area contributed by atoms with E-state index in [0.29, 0.717) is 13.0 Å². The maximum atomic E-state index is 12.5. The van der Waals surface area contributed by atoms with Gasteiger partial charge in [-0.05, 0) is 46.5 Å². The fourth-order valence-corrected chi connectivity index (χ4v) is 3.02. The number of carbonyl (C=O) groups is 2. The van der Waals surface area contributed by atoms with Gasteiger partial charge in [-0.25, -0.2) is 0 Å². The average Bonchev–Trinajstić information content (AvgIpc) is 2.60. The molecule has 0 aromatic carbocycles. The zero-order chi connectivity index (χ0) is 20.4. The van der Waals surface area contributed by atoms with Crippen LogP contribution in [-0.4, -0.2) is 50.3 Å². The number of nitrogens with one attached hydrogen (secondary N) is 2. The van der Waals surface area contributed by atoms with Gasteiger partial charge in [0.15, 0.2) is 0 Å². The van der Waals surface area contributed by atoms with Gasteiger partial charge in [-0.1, -0.05) is 20.8 Å². The smallest absolute Gasteiger partial charge is 0.226 e. The Hall–Kier alpha value is -1.14. The molecule has 26 heavy (non-hydrogen) atoms. The molecule has 0 heterocycles. The molecule has 0 aliphatic heterocycles. The maximum absolute atomic E-state index is 12.5. The van der Waals surface area contributed by atoms with Crippen molar-refractivity contribution in [2.75, 3.05) is 20.8 Å². The van der Waals surface area contributed by atoms with E-state index in [1.165, 1.54) is 0 Å². The molecule has 0 aromatic rings. The second kappa shape index (κ2) is 11.5. The molecule has 0 aromatic heterocycles. The Morgan fingerprint density at radius 1 is 0.962 bits per heavy atom. The van der Waals surface area contributed by atoms with E-state index in [4.69, 9.17) is 9.47 Å². The van der Waals surface area contributed by atoms with Gasteiger partial charge in [-0.15, -0.1) is 0 Å². The van der Waals surface area contributed by atoms with Crippen molar-refractivity contribution in [1.29, 1.82) is 0 Å². The summed E-state index contributed by atoms with van der Waals surface area (Å²) < 4.78 is 10.6. The van der Waals surface area contributed by atoms with Crippen molar-refractivity contribution in [3.8, 4) is 0 Å². The van der Waals surface area contributed by atoms with Gasteiger partial charge >= 0.3 is 0 Å². The molecule has 154 valence electrons. The Kier molecular flexibility index (Phi) is 11.0. The highest BCUT2D eigenvalue weighted by Crippen LogP contribution is 2.28. The molecule has 3 unspecified atom stereocenters. The number of methoxy groups -OCH3 is 2. The van der Waals surface area contributed by atoms with Gasteiger partial charge in [0.05, 0.1) is 12.2 Å². The van der Waals surface area contributed by atoms with Crippen LogP contribution >= 0.6 is 0 Å². The summed E-state index contributed by atoms with van der Waals surface area (Å²) in [6.07, 6.45) is 3.31. The van der Waals surface area contributed by atoms with Crippen molar-refractivity contribution >= 4 is 11.8 Å². The van der Waals surface area contributed by atoms with Crippen LogP contribution in [0.15, 0.2) is 0 Å². The topological polar surface area (TPSA) is 76.7 Å². The van der Waals surface area contributed by atoms with Crippen LogP contribution in [0.5, 0.6) is 0 Å². The molecule has 2 N–H and O–H groups in total. The minimum absolute atomic E-state index is 0.0158. The summed E-state index contributed by atoms with van der Waals surface area (Å²) in [6, 6.07) is 0. The van der Waals surface area contributed by atoms with Crippen LogP contribution in [0.2, 0.25) is 0 Å². The third-order valence-corrected chi connectivity index (χ3v) is 5.47. The quantitative estimate of drug-likeness (QED) is 0.521. The lowest BCUT2D eigenvalue weighted by Gasteiger charge is -2.32. The molecule has 0 fully saturated rings. The van der Waals surface area contributed by atoms with Gasteiger partial charge in [0.25, 0.3) is 0 Å². The van der Waals surface area contributed by atoms with Crippen LogP contribution in [0.4, 0.5) is 0 Å². The first-order chi connectivity index (χ1) is 12.1. The minimum Gasteiger partial charge on any atom is -0.382 e. The zero-order valence-electron chi connectivity index (χ0n) is 18.0. The summed E-state index contributed by atoms with van der Waals surface area (Å²) in [7, 11) is 3.32. The Labute approximate surface area is 159 Å². The van der Waals surface area contributed by atoms with Crippen molar-refractivity contribution < 1.29 is 19.1 Å². The van der Waals surface area contributed by atoms with Gasteiger partial charge in [0, 0.05) is 38.1 Å². The van der Waals surface area contributed by atoms with E-state index in [0.717, 1.165) is 19.3 Å². The summed E-state index contributed by atoms with van der Waals surface area (Å²) in [5.41, 5.74) is -0.792. The van der Waals surface area contributed by atoms with Crippen molar-refractivity contribution in [1.82, 2.24) is 10.6 Å². The Morgan fingerprint density at radius 2 is 1.50 bits per heavy atom. The van der Waals surface area contributed by atoms with E-state index >= 15 is 0 Å². The largest absolute Gasteiger partial charge is 0.382 e. The maximum Gasteiger partial charge on any atom is 0.226 e. The SMILES string of the molecule is CCC(C)(CC(C)OC)NC(=O)CCNC(=O)[C@](C)(CC)CC(C)OC. The molecule has 0 bridgehead atoms. The monoisotopic (exact) mass is 372 g/mol. The molecule has 0 saturated heterocycles. The third kappa shape index (κ3) is 8.49. The number of hydrogen-bond donors (Lipinski definition) is 2. The predicted octanol–water partition coefficient (Wildman–Crippen LogP) is 3.04. The van der Waals surface area contributed by atoms with Gasteiger partial charge in [0.2, 0.25) is 11.8 Å². The van der Waals surface area contributed by atoms with Crippen LogP contribution in [0.25, 0.3) is 0 Å². The second-order valence-corrected chi connectivity index (χ2v) is 7.88. The fraction of sp³-hybridized carbons (Fsp3) is 0.900. The van der Waals surface area contributed by atoms with Crippen LogP contribution in [0.3, 0.4) is 0 Å². The lowest BCUT2D eigenvalue weighted by atomic mass is 9.81. The molecule has 0 saturated carbocycles. The van der Waals surface area contributed by atoms with Gasteiger partial charge in [-0.2, -0.15) is 0 Å². The van der Waals surface area contributed by atoms with Crippen molar-refractivity contribution in [2.24, 2.45) is 5.41 Å². The first-order valence-corrected chi connectivity index (χ1v) is 9.70. The first kappa shape index (κ1) is 24.9. The summed E-state index contributed by atoms with van der Waals surface area (Å²) in [5, 5.41) is 6.00. The summed E-state index contributed by atoms with van der Waals surface area (Å²) in [4.78, 5) is 24.8. The average molecular weight is 373 g/mol.